The van der Waals surface area contributed by atoms with E-state index in [-0.39, 0.29) is 5.54 Å². The SMILES string of the molecule is CCC(C)(N)CCc1ccsc1. The number of hydrogen-bond acceptors (Lipinski definition) is 2. The van der Waals surface area contributed by atoms with Crippen molar-refractivity contribution >= 4 is 11.3 Å². The normalized spacial score (nSPS) is 15.9. The molecule has 1 heterocycles. The largest absolute Gasteiger partial charge is 0.325 e. The highest BCUT2D eigenvalue weighted by Gasteiger charge is 2.14. The van der Waals surface area contributed by atoms with Gasteiger partial charge in [-0.15, -0.1) is 0 Å². The summed E-state index contributed by atoms with van der Waals surface area (Å²) in [5.41, 5.74) is 7.47. The summed E-state index contributed by atoms with van der Waals surface area (Å²) in [6.45, 7) is 4.27. The molecule has 1 atom stereocenters. The monoisotopic (exact) mass is 183 g/mol. The Morgan fingerprint density at radius 1 is 1.58 bits per heavy atom. The second-order valence-corrected chi connectivity index (χ2v) is 4.42. The Bertz CT molecular complexity index is 214. The Labute approximate surface area is 78.6 Å². The van der Waals surface area contributed by atoms with Crippen LogP contribution in [0, 0.1) is 0 Å². The van der Waals surface area contributed by atoms with Gasteiger partial charge < -0.3 is 5.73 Å². The number of nitrogens with two attached hydrogens (primary N) is 1. The molecule has 0 bridgehead atoms. The lowest BCUT2D eigenvalue weighted by Gasteiger charge is -2.21. The van der Waals surface area contributed by atoms with Crippen molar-refractivity contribution in [1.82, 2.24) is 0 Å². The van der Waals surface area contributed by atoms with Gasteiger partial charge in [0.1, 0.15) is 0 Å². The predicted octanol–water partition coefficient (Wildman–Crippen LogP) is 2.81. The third kappa shape index (κ3) is 2.95. The molecule has 2 heteroatoms. The van der Waals surface area contributed by atoms with Crippen molar-refractivity contribution in [2.75, 3.05) is 0 Å². The van der Waals surface area contributed by atoms with Crippen molar-refractivity contribution in [3.63, 3.8) is 0 Å². The standard InChI is InChI=1S/C10H17NS/c1-3-10(2,11)6-4-9-5-7-12-8-9/h5,7-8H,3-4,6,11H2,1-2H3. The minimum atomic E-state index is 0.0158. The maximum atomic E-state index is 6.04. The molecule has 68 valence electrons. The first-order chi connectivity index (χ1) is 5.64. The van der Waals surface area contributed by atoms with Crippen molar-refractivity contribution in [3.05, 3.63) is 22.4 Å². The number of aryl methyl sites for hydroxylation is 1. The molecule has 0 radical (unpaired) electrons. The topological polar surface area (TPSA) is 26.0 Å². The molecule has 2 N–H and O–H groups in total. The van der Waals surface area contributed by atoms with Gasteiger partial charge in [0.2, 0.25) is 0 Å². The molecule has 0 aliphatic rings. The first-order valence-electron chi connectivity index (χ1n) is 4.44. The molecule has 0 aliphatic carbocycles. The van der Waals surface area contributed by atoms with Crippen molar-refractivity contribution in [2.24, 2.45) is 5.73 Å². The minimum absolute atomic E-state index is 0.0158. The van der Waals surface area contributed by atoms with Gasteiger partial charge in [0, 0.05) is 5.54 Å². The van der Waals surface area contributed by atoms with Gasteiger partial charge in [-0.3, -0.25) is 0 Å². The Hall–Kier alpha value is -0.340. The average Bonchev–Trinajstić information content (AvgIpc) is 2.53. The fourth-order valence-electron chi connectivity index (χ4n) is 1.04. The number of rotatable bonds is 4. The third-order valence-electron chi connectivity index (χ3n) is 2.37. The van der Waals surface area contributed by atoms with E-state index in [0.29, 0.717) is 0 Å². The summed E-state index contributed by atoms with van der Waals surface area (Å²) in [5.74, 6) is 0. The molecular formula is C10H17NS. The van der Waals surface area contributed by atoms with Crippen LogP contribution in [0.15, 0.2) is 16.8 Å². The molecule has 0 aliphatic heterocycles. The van der Waals surface area contributed by atoms with Crippen LogP contribution in [0.3, 0.4) is 0 Å². The third-order valence-corrected chi connectivity index (χ3v) is 3.10. The van der Waals surface area contributed by atoms with Crippen molar-refractivity contribution in [2.45, 2.75) is 38.6 Å². The fraction of sp³-hybridized carbons (Fsp3) is 0.600. The lowest BCUT2D eigenvalue weighted by Crippen LogP contribution is -2.35. The summed E-state index contributed by atoms with van der Waals surface area (Å²) in [6.07, 6.45) is 3.25. The maximum absolute atomic E-state index is 6.04. The molecule has 0 aromatic carbocycles. The quantitative estimate of drug-likeness (QED) is 0.763. The van der Waals surface area contributed by atoms with Gasteiger partial charge in [-0.05, 0) is 48.6 Å². The summed E-state index contributed by atoms with van der Waals surface area (Å²) in [4.78, 5) is 0. The lowest BCUT2D eigenvalue weighted by molar-refractivity contribution is 0.419. The summed E-state index contributed by atoms with van der Waals surface area (Å²) >= 11 is 1.76. The molecule has 1 unspecified atom stereocenters. The van der Waals surface area contributed by atoms with Crippen LogP contribution in [0.1, 0.15) is 32.3 Å². The van der Waals surface area contributed by atoms with Crippen LogP contribution in [0.5, 0.6) is 0 Å². The van der Waals surface area contributed by atoms with Crippen LogP contribution >= 0.6 is 11.3 Å². The van der Waals surface area contributed by atoms with Gasteiger partial charge in [0.05, 0.1) is 0 Å². The van der Waals surface area contributed by atoms with Gasteiger partial charge in [-0.1, -0.05) is 6.92 Å². The van der Waals surface area contributed by atoms with E-state index in [9.17, 15) is 0 Å². The van der Waals surface area contributed by atoms with Crippen molar-refractivity contribution in [3.8, 4) is 0 Å². The van der Waals surface area contributed by atoms with E-state index in [1.165, 1.54) is 5.56 Å². The van der Waals surface area contributed by atoms with Gasteiger partial charge in [-0.2, -0.15) is 11.3 Å². The number of thiophene rings is 1. The van der Waals surface area contributed by atoms with E-state index in [4.69, 9.17) is 5.73 Å². The van der Waals surface area contributed by atoms with Gasteiger partial charge in [-0.25, -0.2) is 0 Å². The van der Waals surface area contributed by atoms with Crippen molar-refractivity contribution in [1.29, 1.82) is 0 Å². The van der Waals surface area contributed by atoms with E-state index in [2.05, 4.69) is 30.7 Å². The smallest absolute Gasteiger partial charge is 0.0126 e. The minimum Gasteiger partial charge on any atom is -0.325 e. The Kier molecular flexibility index (Phi) is 3.29. The molecule has 0 saturated heterocycles. The summed E-state index contributed by atoms with van der Waals surface area (Å²) in [5, 5.41) is 4.32. The van der Waals surface area contributed by atoms with Crippen molar-refractivity contribution < 1.29 is 0 Å². The molecule has 12 heavy (non-hydrogen) atoms. The molecule has 0 fully saturated rings. The lowest BCUT2D eigenvalue weighted by atomic mass is 9.93. The highest BCUT2D eigenvalue weighted by Crippen LogP contribution is 2.16. The Balaban J connectivity index is 2.36. The summed E-state index contributed by atoms with van der Waals surface area (Å²) in [7, 11) is 0. The Morgan fingerprint density at radius 3 is 2.83 bits per heavy atom. The summed E-state index contributed by atoms with van der Waals surface area (Å²) < 4.78 is 0. The van der Waals surface area contributed by atoms with Gasteiger partial charge in [0.25, 0.3) is 0 Å². The highest BCUT2D eigenvalue weighted by molar-refractivity contribution is 7.07. The first kappa shape index (κ1) is 9.75. The van der Waals surface area contributed by atoms with Crippen LogP contribution < -0.4 is 5.73 Å². The van der Waals surface area contributed by atoms with Crippen LogP contribution in [0.25, 0.3) is 0 Å². The predicted molar refractivity (Wildman–Crippen MR) is 55.5 cm³/mol. The van der Waals surface area contributed by atoms with E-state index in [1.54, 1.807) is 11.3 Å². The van der Waals surface area contributed by atoms with E-state index < -0.39 is 0 Å². The van der Waals surface area contributed by atoms with E-state index >= 15 is 0 Å². The molecule has 1 nitrogen and oxygen atoms in total. The first-order valence-corrected chi connectivity index (χ1v) is 5.38. The maximum Gasteiger partial charge on any atom is 0.0126 e. The van der Waals surface area contributed by atoms with Gasteiger partial charge >= 0.3 is 0 Å². The molecule has 0 amide bonds. The second kappa shape index (κ2) is 4.06. The zero-order valence-electron chi connectivity index (χ0n) is 7.84. The number of hydrogen-bond donors (Lipinski definition) is 1. The van der Waals surface area contributed by atoms with E-state index in [1.807, 2.05) is 0 Å². The van der Waals surface area contributed by atoms with Crippen LogP contribution in [0.2, 0.25) is 0 Å². The van der Waals surface area contributed by atoms with Crippen LogP contribution in [-0.4, -0.2) is 5.54 Å². The molecule has 0 spiro atoms. The molecule has 0 saturated carbocycles. The fourth-order valence-corrected chi connectivity index (χ4v) is 1.74. The van der Waals surface area contributed by atoms with Crippen LogP contribution in [-0.2, 0) is 6.42 Å². The van der Waals surface area contributed by atoms with E-state index in [0.717, 1.165) is 19.3 Å². The Morgan fingerprint density at radius 2 is 2.33 bits per heavy atom. The zero-order valence-corrected chi connectivity index (χ0v) is 8.66. The average molecular weight is 183 g/mol. The van der Waals surface area contributed by atoms with Crippen LogP contribution in [0.4, 0.5) is 0 Å². The molecule has 1 aromatic heterocycles. The molecule has 1 rings (SSSR count). The molecular weight excluding hydrogens is 166 g/mol. The molecule has 1 aromatic rings. The zero-order chi connectivity index (χ0) is 9.03. The highest BCUT2D eigenvalue weighted by atomic mass is 32.1. The summed E-state index contributed by atoms with van der Waals surface area (Å²) in [6, 6.07) is 2.18. The van der Waals surface area contributed by atoms with Gasteiger partial charge in [0.15, 0.2) is 0 Å². The second-order valence-electron chi connectivity index (χ2n) is 3.64.